The predicted octanol–water partition coefficient (Wildman–Crippen LogP) is 3.40. The molecule has 4 N–H and O–H groups in total. The summed E-state index contributed by atoms with van der Waals surface area (Å²) in [6, 6.07) is 18.4. The summed E-state index contributed by atoms with van der Waals surface area (Å²) < 4.78 is 0. The van der Waals surface area contributed by atoms with Crippen LogP contribution in [-0.4, -0.2) is 41.7 Å². The van der Waals surface area contributed by atoms with Gasteiger partial charge in [-0.05, 0) is 36.6 Å². The van der Waals surface area contributed by atoms with E-state index in [1.165, 1.54) is 5.56 Å². The highest BCUT2D eigenvalue weighted by molar-refractivity contribution is 5.85. The van der Waals surface area contributed by atoms with E-state index in [1.54, 1.807) is 0 Å². The summed E-state index contributed by atoms with van der Waals surface area (Å²) in [6.45, 7) is 2.48. The number of benzene rings is 2. The van der Waals surface area contributed by atoms with Gasteiger partial charge in [0.25, 0.3) is 0 Å². The standard InChI is InChI=1S/C22H27N3O2.ClH/c26-22(27)15-19(14-18-16-25-21-9-5-4-8-20(18)21)24-13-12-23-11-10-17-6-2-1-3-7-17;/h1-9,16,19,23-25H,10-15H2,(H,26,27);1H/t19-;/m1./s1. The van der Waals surface area contributed by atoms with Crippen LogP contribution in [0.2, 0.25) is 0 Å². The molecular weight excluding hydrogens is 374 g/mol. The Morgan fingerprint density at radius 3 is 2.54 bits per heavy atom. The van der Waals surface area contributed by atoms with Crippen molar-refractivity contribution in [2.45, 2.75) is 25.3 Å². The van der Waals surface area contributed by atoms with E-state index in [-0.39, 0.29) is 24.9 Å². The van der Waals surface area contributed by atoms with E-state index in [0.717, 1.165) is 42.5 Å². The molecule has 0 unspecified atom stereocenters. The summed E-state index contributed by atoms with van der Waals surface area (Å²) in [5.41, 5.74) is 3.56. The van der Waals surface area contributed by atoms with Crippen molar-refractivity contribution in [3.63, 3.8) is 0 Å². The minimum atomic E-state index is -0.774. The summed E-state index contributed by atoms with van der Waals surface area (Å²) in [7, 11) is 0. The average Bonchev–Trinajstić information content (AvgIpc) is 3.08. The molecule has 3 rings (SSSR count). The van der Waals surface area contributed by atoms with Crippen LogP contribution in [-0.2, 0) is 17.6 Å². The van der Waals surface area contributed by atoms with Crippen molar-refractivity contribution in [1.29, 1.82) is 0 Å². The van der Waals surface area contributed by atoms with Crippen LogP contribution >= 0.6 is 12.4 Å². The van der Waals surface area contributed by atoms with E-state index in [2.05, 4.69) is 45.9 Å². The van der Waals surface area contributed by atoms with Gasteiger partial charge in [-0.1, -0.05) is 48.5 Å². The molecule has 0 aliphatic carbocycles. The number of para-hydroxylation sites is 1. The number of hydrogen-bond acceptors (Lipinski definition) is 3. The van der Waals surface area contributed by atoms with Crippen LogP contribution in [0.3, 0.4) is 0 Å². The van der Waals surface area contributed by atoms with Crippen LogP contribution in [0.4, 0.5) is 0 Å². The summed E-state index contributed by atoms with van der Waals surface area (Å²) in [6.07, 6.45) is 3.79. The first-order valence-corrected chi connectivity index (χ1v) is 9.47. The van der Waals surface area contributed by atoms with Crippen molar-refractivity contribution in [2.75, 3.05) is 19.6 Å². The molecular formula is C22H28ClN3O2. The number of carboxylic acid groups (broad SMARTS) is 1. The maximum atomic E-state index is 11.2. The number of nitrogens with one attached hydrogen (secondary N) is 3. The van der Waals surface area contributed by atoms with Gasteiger partial charge in [0.15, 0.2) is 0 Å². The first-order valence-electron chi connectivity index (χ1n) is 9.47. The fourth-order valence-corrected chi connectivity index (χ4v) is 3.36. The minimum absolute atomic E-state index is 0. The smallest absolute Gasteiger partial charge is 0.304 e. The highest BCUT2D eigenvalue weighted by atomic mass is 35.5. The van der Waals surface area contributed by atoms with Gasteiger partial charge in [0.1, 0.15) is 0 Å². The van der Waals surface area contributed by atoms with Gasteiger partial charge in [0.05, 0.1) is 6.42 Å². The second kappa shape index (κ2) is 11.5. The van der Waals surface area contributed by atoms with Crippen molar-refractivity contribution in [1.82, 2.24) is 15.6 Å². The van der Waals surface area contributed by atoms with Crippen LogP contribution in [0.1, 0.15) is 17.5 Å². The Morgan fingerprint density at radius 2 is 1.75 bits per heavy atom. The van der Waals surface area contributed by atoms with Gasteiger partial charge in [-0.3, -0.25) is 4.79 Å². The summed E-state index contributed by atoms with van der Waals surface area (Å²) in [4.78, 5) is 14.5. The fourth-order valence-electron chi connectivity index (χ4n) is 3.36. The normalized spacial score (nSPS) is 11.9. The number of aromatic nitrogens is 1. The Bertz CT molecular complexity index is 851. The van der Waals surface area contributed by atoms with E-state index in [4.69, 9.17) is 0 Å². The molecule has 0 saturated heterocycles. The molecule has 0 fully saturated rings. The molecule has 0 radical (unpaired) electrons. The van der Waals surface area contributed by atoms with Gasteiger partial charge < -0.3 is 20.7 Å². The zero-order chi connectivity index (χ0) is 18.9. The molecule has 0 saturated carbocycles. The Hall–Kier alpha value is -2.34. The predicted molar refractivity (Wildman–Crippen MR) is 116 cm³/mol. The summed E-state index contributed by atoms with van der Waals surface area (Å²) >= 11 is 0. The van der Waals surface area contributed by atoms with Gasteiger partial charge in [-0.15, -0.1) is 12.4 Å². The third-order valence-electron chi connectivity index (χ3n) is 4.73. The van der Waals surface area contributed by atoms with Crippen molar-refractivity contribution in [3.8, 4) is 0 Å². The van der Waals surface area contributed by atoms with Gasteiger partial charge >= 0.3 is 5.97 Å². The molecule has 150 valence electrons. The number of H-pyrrole nitrogens is 1. The molecule has 5 nitrogen and oxygen atoms in total. The zero-order valence-electron chi connectivity index (χ0n) is 15.9. The van der Waals surface area contributed by atoms with E-state index in [9.17, 15) is 9.90 Å². The summed E-state index contributed by atoms with van der Waals surface area (Å²) in [5, 5.41) is 17.2. The first kappa shape index (κ1) is 22.0. The largest absolute Gasteiger partial charge is 0.481 e. The van der Waals surface area contributed by atoms with Crippen molar-refractivity contribution >= 4 is 29.3 Å². The molecule has 0 amide bonds. The molecule has 2 aromatic carbocycles. The van der Waals surface area contributed by atoms with E-state index < -0.39 is 5.97 Å². The molecule has 3 aromatic rings. The number of aromatic amines is 1. The molecule has 0 spiro atoms. The quantitative estimate of drug-likeness (QED) is 0.371. The van der Waals surface area contributed by atoms with Crippen molar-refractivity contribution in [2.24, 2.45) is 0 Å². The van der Waals surface area contributed by atoms with Gasteiger partial charge in [-0.2, -0.15) is 0 Å². The molecule has 0 aliphatic heterocycles. The van der Waals surface area contributed by atoms with Gasteiger partial charge in [-0.25, -0.2) is 0 Å². The molecule has 6 heteroatoms. The molecule has 28 heavy (non-hydrogen) atoms. The number of carbonyl (C=O) groups is 1. The lowest BCUT2D eigenvalue weighted by Crippen LogP contribution is -2.38. The molecule has 0 bridgehead atoms. The Labute approximate surface area is 172 Å². The number of halogens is 1. The van der Waals surface area contributed by atoms with Gasteiger partial charge in [0, 0.05) is 36.2 Å². The van der Waals surface area contributed by atoms with Crippen LogP contribution < -0.4 is 10.6 Å². The molecule has 1 atom stereocenters. The second-order valence-electron chi connectivity index (χ2n) is 6.80. The second-order valence-corrected chi connectivity index (χ2v) is 6.80. The number of aliphatic carboxylic acids is 1. The van der Waals surface area contributed by atoms with E-state index >= 15 is 0 Å². The maximum absolute atomic E-state index is 11.2. The molecule has 1 heterocycles. The monoisotopic (exact) mass is 401 g/mol. The van der Waals surface area contributed by atoms with Crippen LogP contribution in [0.5, 0.6) is 0 Å². The van der Waals surface area contributed by atoms with Crippen LogP contribution in [0.25, 0.3) is 10.9 Å². The highest BCUT2D eigenvalue weighted by Crippen LogP contribution is 2.19. The Morgan fingerprint density at radius 1 is 1.00 bits per heavy atom. The third kappa shape index (κ3) is 6.68. The third-order valence-corrected chi connectivity index (χ3v) is 4.73. The minimum Gasteiger partial charge on any atom is -0.481 e. The lowest BCUT2D eigenvalue weighted by molar-refractivity contribution is -0.137. The van der Waals surface area contributed by atoms with Crippen molar-refractivity contribution < 1.29 is 9.90 Å². The molecule has 0 aliphatic rings. The topological polar surface area (TPSA) is 77.1 Å². The van der Waals surface area contributed by atoms with Crippen LogP contribution in [0, 0.1) is 0 Å². The van der Waals surface area contributed by atoms with Crippen LogP contribution in [0.15, 0.2) is 60.8 Å². The SMILES string of the molecule is Cl.O=C(O)C[C@@H](Cc1c[nH]c2ccccc12)NCCNCCc1ccccc1. The first-order chi connectivity index (χ1) is 13.2. The maximum Gasteiger partial charge on any atom is 0.304 e. The Balaban J connectivity index is 0.00000280. The van der Waals surface area contributed by atoms with E-state index in [0.29, 0.717) is 6.42 Å². The zero-order valence-corrected chi connectivity index (χ0v) is 16.7. The number of fused-ring (bicyclic) bond motifs is 1. The highest BCUT2D eigenvalue weighted by Gasteiger charge is 2.15. The Kier molecular flexibility index (Phi) is 9.01. The number of carboxylic acids is 1. The average molecular weight is 402 g/mol. The summed E-state index contributed by atoms with van der Waals surface area (Å²) in [5.74, 6) is -0.774. The van der Waals surface area contributed by atoms with Gasteiger partial charge in [0.2, 0.25) is 0 Å². The number of rotatable bonds is 11. The fraction of sp³-hybridized carbons (Fsp3) is 0.318. The lowest BCUT2D eigenvalue weighted by atomic mass is 10.0. The number of hydrogen-bond donors (Lipinski definition) is 4. The lowest BCUT2D eigenvalue weighted by Gasteiger charge is -2.17. The van der Waals surface area contributed by atoms with Crippen molar-refractivity contribution in [3.05, 3.63) is 71.9 Å². The molecule has 1 aromatic heterocycles. The van der Waals surface area contributed by atoms with E-state index in [1.807, 2.05) is 30.5 Å².